The molecular weight excluding hydrogens is 328 g/mol. The van der Waals surface area contributed by atoms with Gasteiger partial charge >= 0.3 is 12.0 Å². The van der Waals surface area contributed by atoms with Crippen LogP contribution in [0.2, 0.25) is 5.02 Å². The number of carbonyl (C=O) groups excluding carboxylic acids is 2. The second kappa shape index (κ2) is 8.36. The Balaban J connectivity index is 2.04. The predicted molar refractivity (Wildman–Crippen MR) is 92.5 cm³/mol. The van der Waals surface area contributed by atoms with Gasteiger partial charge in [0.05, 0.1) is 12.5 Å². The minimum atomic E-state index is -0.709. The number of amides is 2. The summed E-state index contributed by atoms with van der Waals surface area (Å²) in [7, 11) is 0. The molecular formula is C18H19ClN2O3. The third-order valence-corrected chi connectivity index (χ3v) is 3.79. The number of nitrogens with two attached hydrogens (primary N) is 1. The number of carbonyl (C=O) groups is 2. The van der Waals surface area contributed by atoms with Gasteiger partial charge in [-0.2, -0.15) is 0 Å². The first-order valence-corrected chi connectivity index (χ1v) is 7.89. The highest BCUT2D eigenvalue weighted by Crippen LogP contribution is 2.22. The molecule has 0 aliphatic heterocycles. The van der Waals surface area contributed by atoms with Gasteiger partial charge in [0, 0.05) is 5.02 Å². The monoisotopic (exact) mass is 346 g/mol. The van der Waals surface area contributed by atoms with Crippen molar-refractivity contribution in [3.63, 3.8) is 0 Å². The van der Waals surface area contributed by atoms with Crippen LogP contribution < -0.4 is 11.1 Å². The summed E-state index contributed by atoms with van der Waals surface area (Å²) in [6, 6.07) is 15.0. The average Bonchev–Trinajstić information content (AvgIpc) is 2.55. The van der Waals surface area contributed by atoms with Crippen LogP contribution in [-0.4, -0.2) is 12.0 Å². The molecule has 126 valence electrons. The van der Waals surface area contributed by atoms with E-state index in [0.29, 0.717) is 5.02 Å². The van der Waals surface area contributed by atoms with Crippen LogP contribution in [0.25, 0.3) is 0 Å². The molecule has 0 saturated heterocycles. The molecule has 0 radical (unpaired) electrons. The summed E-state index contributed by atoms with van der Waals surface area (Å²) >= 11 is 5.86. The fourth-order valence-corrected chi connectivity index (χ4v) is 2.45. The van der Waals surface area contributed by atoms with Crippen molar-refractivity contribution in [2.24, 2.45) is 5.73 Å². The zero-order valence-electron chi connectivity index (χ0n) is 13.2. The van der Waals surface area contributed by atoms with E-state index >= 15 is 0 Å². The van der Waals surface area contributed by atoms with Crippen molar-refractivity contribution in [3.05, 3.63) is 70.7 Å². The minimum Gasteiger partial charge on any atom is -0.458 e. The summed E-state index contributed by atoms with van der Waals surface area (Å²) in [5.74, 6) is -0.431. The van der Waals surface area contributed by atoms with Crippen LogP contribution in [0.1, 0.15) is 36.6 Å². The SMILES string of the molecule is C[C@@H](OC(=O)C[C@@H](NC(N)=O)c1ccc(Cl)cc1)c1ccccc1. The van der Waals surface area contributed by atoms with Crippen LogP contribution in [0.3, 0.4) is 0 Å². The maximum absolute atomic E-state index is 12.2. The number of ether oxygens (including phenoxy) is 1. The highest BCUT2D eigenvalue weighted by atomic mass is 35.5. The zero-order valence-corrected chi connectivity index (χ0v) is 14.0. The first-order valence-electron chi connectivity index (χ1n) is 7.51. The number of hydrogen-bond acceptors (Lipinski definition) is 3. The molecule has 2 amide bonds. The van der Waals surface area contributed by atoms with Crippen molar-refractivity contribution in [2.45, 2.75) is 25.5 Å². The van der Waals surface area contributed by atoms with Crippen LogP contribution in [-0.2, 0) is 9.53 Å². The quantitative estimate of drug-likeness (QED) is 0.781. The first kappa shape index (κ1) is 17.8. The lowest BCUT2D eigenvalue weighted by Gasteiger charge is -2.19. The fourth-order valence-electron chi connectivity index (χ4n) is 2.32. The van der Waals surface area contributed by atoms with Gasteiger partial charge in [0.25, 0.3) is 0 Å². The van der Waals surface area contributed by atoms with Gasteiger partial charge < -0.3 is 15.8 Å². The summed E-state index contributed by atoms with van der Waals surface area (Å²) in [5, 5.41) is 3.12. The van der Waals surface area contributed by atoms with Crippen molar-refractivity contribution in [1.82, 2.24) is 5.32 Å². The summed E-state index contributed by atoms with van der Waals surface area (Å²) in [4.78, 5) is 23.4. The first-order chi connectivity index (χ1) is 11.5. The predicted octanol–water partition coefficient (Wildman–Crippen LogP) is 3.74. The molecule has 0 aliphatic carbocycles. The molecule has 0 saturated carbocycles. The maximum atomic E-state index is 12.2. The molecule has 2 aromatic carbocycles. The Morgan fingerprint density at radius 3 is 2.29 bits per heavy atom. The number of esters is 1. The standard InChI is InChI=1S/C18H19ClN2O3/c1-12(13-5-3-2-4-6-13)24-17(22)11-16(21-18(20)23)14-7-9-15(19)10-8-14/h2-10,12,16H,11H2,1H3,(H3,20,21,23)/t12-,16-/m1/s1. The van der Waals surface area contributed by atoms with Gasteiger partial charge in [0.15, 0.2) is 0 Å². The summed E-state index contributed by atoms with van der Waals surface area (Å²) in [6.45, 7) is 1.80. The van der Waals surface area contributed by atoms with E-state index in [1.165, 1.54) is 0 Å². The van der Waals surface area contributed by atoms with E-state index < -0.39 is 18.0 Å². The van der Waals surface area contributed by atoms with E-state index in [2.05, 4.69) is 5.32 Å². The Labute approximate surface area is 145 Å². The molecule has 5 nitrogen and oxygen atoms in total. The van der Waals surface area contributed by atoms with Gasteiger partial charge in [-0.15, -0.1) is 0 Å². The van der Waals surface area contributed by atoms with Crippen molar-refractivity contribution in [1.29, 1.82) is 0 Å². The third-order valence-electron chi connectivity index (χ3n) is 3.54. The van der Waals surface area contributed by atoms with Crippen molar-refractivity contribution < 1.29 is 14.3 Å². The van der Waals surface area contributed by atoms with Gasteiger partial charge in [-0.05, 0) is 30.2 Å². The molecule has 3 N–H and O–H groups in total. The second-order valence-electron chi connectivity index (χ2n) is 5.36. The second-order valence-corrected chi connectivity index (χ2v) is 5.80. The van der Waals surface area contributed by atoms with Crippen LogP contribution in [0.4, 0.5) is 4.79 Å². The highest BCUT2D eigenvalue weighted by Gasteiger charge is 2.20. The molecule has 2 atom stereocenters. The Morgan fingerprint density at radius 2 is 1.71 bits per heavy atom. The molecule has 24 heavy (non-hydrogen) atoms. The number of halogens is 1. The smallest absolute Gasteiger partial charge is 0.312 e. The van der Waals surface area contributed by atoms with Crippen LogP contribution >= 0.6 is 11.6 Å². The van der Waals surface area contributed by atoms with E-state index in [9.17, 15) is 9.59 Å². The fraction of sp³-hybridized carbons (Fsp3) is 0.222. The Hall–Kier alpha value is -2.53. The molecule has 2 aromatic rings. The molecule has 6 heteroatoms. The molecule has 2 rings (SSSR count). The highest BCUT2D eigenvalue weighted by molar-refractivity contribution is 6.30. The largest absolute Gasteiger partial charge is 0.458 e. The van der Waals surface area contributed by atoms with E-state index in [0.717, 1.165) is 11.1 Å². The van der Waals surface area contributed by atoms with Gasteiger partial charge in [0.1, 0.15) is 6.10 Å². The summed E-state index contributed by atoms with van der Waals surface area (Å²) in [6.07, 6.45) is -0.403. The number of hydrogen-bond donors (Lipinski definition) is 2. The van der Waals surface area contributed by atoms with E-state index in [1.807, 2.05) is 30.3 Å². The topological polar surface area (TPSA) is 81.4 Å². The van der Waals surface area contributed by atoms with Crippen molar-refractivity contribution in [2.75, 3.05) is 0 Å². The van der Waals surface area contributed by atoms with Crippen molar-refractivity contribution in [3.8, 4) is 0 Å². The minimum absolute atomic E-state index is 0.0260. The van der Waals surface area contributed by atoms with Crippen molar-refractivity contribution >= 4 is 23.6 Å². The Bertz CT molecular complexity index is 689. The Kier molecular flexibility index (Phi) is 6.21. The van der Waals surface area contributed by atoms with E-state index in [4.69, 9.17) is 22.1 Å². The van der Waals surface area contributed by atoms with Crippen LogP contribution in [0.15, 0.2) is 54.6 Å². The van der Waals surface area contributed by atoms with Gasteiger partial charge in [-0.25, -0.2) is 4.79 Å². The molecule has 0 unspecified atom stereocenters. The molecule has 0 spiro atoms. The van der Waals surface area contributed by atoms with E-state index in [-0.39, 0.29) is 12.5 Å². The lowest BCUT2D eigenvalue weighted by Crippen LogP contribution is -2.34. The third kappa shape index (κ3) is 5.28. The number of urea groups is 1. The van der Waals surface area contributed by atoms with Gasteiger partial charge in [0.2, 0.25) is 0 Å². The molecule has 0 fully saturated rings. The maximum Gasteiger partial charge on any atom is 0.312 e. The summed E-state index contributed by atoms with van der Waals surface area (Å²) in [5.41, 5.74) is 6.82. The molecule has 0 bridgehead atoms. The molecule has 0 aliphatic rings. The van der Waals surface area contributed by atoms with Crippen LogP contribution in [0, 0.1) is 0 Å². The zero-order chi connectivity index (χ0) is 17.5. The normalized spacial score (nSPS) is 12.9. The molecule has 0 heterocycles. The van der Waals surface area contributed by atoms with Crippen LogP contribution in [0.5, 0.6) is 0 Å². The molecule has 0 aromatic heterocycles. The van der Waals surface area contributed by atoms with Gasteiger partial charge in [-0.1, -0.05) is 54.1 Å². The van der Waals surface area contributed by atoms with E-state index in [1.54, 1.807) is 31.2 Å². The lowest BCUT2D eigenvalue weighted by molar-refractivity contribution is -0.149. The number of rotatable bonds is 6. The number of primary amides is 1. The number of nitrogens with one attached hydrogen (secondary N) is 1. The average molecular weight is 347 g/mol. The van der Waals surface area contributed by atoms with Gasteiger partial charge in [-0.3, -0.25) is 4.79 Å². The Morgan fingerprint density at radius 1 is 1.08 bits per heavy atom. The number of benzene rings is 2. The lowest BCUT2D eigenvalue weighted by atomic mass is 10.0. The summed E-state index contributed by atoms with van der Waals surface area (Å²) < 4.78 is 5.44.